The Labute approximate surface area is 138 Å². The van der Waals surface area contributed by atoms with Crippen LogP contribution in [0.25, 0.3) is 5.69 Å². The van der Waals surface area contributed by atoms with E-state index in [2.05, 4.69) is 5.32 Å². The molecule has 1 aliphatic rings. The summed E-state index contributed by atoms with van der Waals surface area (Å²) in [5, 5.41) is 2.57. The van der Waals surface area contributed by atoms with Crippen LogP contribution in [-0.4, -0.2) is 35.1 Å². The lowest BCUT2D eigenvalue weighted by Crippen LogP contribution is -2.34. The summed E-state index contributed by atoms with van der Waals surface area (Å²) < 4.78 is 15.6. The van der Waals surface area contributed by atoms with E-state index in [1.165, 1.54) is 22.8 Å². The summed E-state index contributed by atoms with van der Waals surface area (Å²) in [6.45, 7) is 1.74. The van der Waals surface area contributed by atoms with Gasteiger partial charge in [-0.2, -0.15) is 0 Å². The van der Waals surface area contributed by atoms with E-state index >= 15 is 0 Å². The van der Waals surface area contributed by atoms with E-state index in [1.54, 1.807) is 29.3 Å². The molecule has 2 heterocycles. The first-order chi connectivity index (χ1) is 11.6. The number of nitrogens with zero attached hydrogens (tertiary/aromatic N) is 2. The Morgan fingerprint density at radius 1 is 1.33 bits per heavy atom. The average molecular weight is 330 g/mol. The number of likely N-dealkylation sites (tertiary alicyclic amines) is 1. The zero-order chi connectivity index (χ0) is 17.1. The van der Waals surface area contributed by atoms with Crippen LogP contribution in [0.5, 0.6) is 0 Å². The van der Waals surface area contributed by atoms with E-state index in [0.717, 1.165) is 6.42 Å². The summed E-state index contributed by atoms with van der Waals surface area (Å²) in [5.74, 6) is -0.292. The molecule has 3 rings (SSSR count). The molecule has 0 aliphatic carbocycles. The molecule has 1 saturated heterocycles. The van der Waals surface area contributed by atoms with Gasteiger partial charge in [0.05, 0.1) is 11.4 Å². The number of nitrogens with one attached hydrogen (secondary N) is 1. The number of nitrogens with two attached hydrogens (primary N) is 1. The number of carbonyl (C=O) groups is 1. The topological polar surface area (TPSA) is 80.4 Å². The van der Waals surface area contributed by atoms with Crippen molar-refractivity contribution in [3.63, 3.8) is 0 Å². The monoisotopic (exact) mass is 330 g/mol. The summed E-state index contributed by atoms with van der Waals surface area (Å²) in [7, 11) is 0. The van der Waals surface area contributed by atoms with Crippen LogP contribution in [0.2, 0.25) is 0 Å². The average Bonchev–Trinajstić information content (AvgIpc) is 3.06. The van der Waals surface area contributed by atoms with Gasteiger partial charge in [-0.3, -0.25) is 9.36 Å². The summed E-state index contributed by atoms with van der Waals surface area (Å²) >= 11 is 0. The number of halogens is 1. The van der Waals surface area contributed by atoms with E-state index in [4.69, 9.17) is 5.73 Å². The van der Waals surface area contributed by atoms with Crippen molar-refractivity contribution in [1.29, 1.82) is 0 Å². The summed E-state index contributed by atoms with van der Waals surface area (Å²) in [4.78, 5) is 25.6. The Morgan fingerprint density at radius 3 is 2.83 bits per heavy atom. The van der Waals surface area contributed by atoms with Crippen molar-refractivity contribution in [2.75, 3.05) is 25.0 Å². The Kier molecular flexibility index (Phi) is 4.61. The SMILES string of the molecule is NC[C@H]1CCN(C(=O)Nc2ccc(-n3ccccc3=O)cc2F)C1. The molecule has 1 aliphatic heterocycles. The van der Waals surface area contributed by atoms with E-state index in [0.29, 0.717) is 31.2 Å². The molecule has 7 heteroatoms. The van der Waals surface area contributed by atoms with Crippen molar-refractivity contribution in [2.24, 2.45) is 11.7 Å². The fourth-order valence-electron chi connectivity index (χ4n) is 2.80. The highest BCUT2D eigenvalue weighted by molar-refractivity contribution is 5.89. The number of rotatable bonds is 3. The van der Waals surface area contributed by atoms with Gasteiger partial charge in [0.15, 0.2) is 0 Å². The highest BCUT2D eigenvalue weighted by Crippen LogP contribution is 2.20. The number of aromatic nitrogens is 1. The number of anilines is 1. The van der Waals surface area contributed by atoms with Crippen LogP contribution in [0.4, 0.5) is 14.9 Å². The molecule has 6 nitrogen and oxygen atoms in total. The van der Waals surface area contributed by atoms with Crippen LogP contribution in [0.1, 0.15) is 6.42 Å². The highest BCUT2D eigenvalue weighted by Gasteiger charge is 2.25. The van der Waals surface area contributed by atoms with Gasteiger partial charge in [0, 0.05) is 31.4 Å². The third-order valence-corrected chi connectivity index (χ3v) is 4.20. The molecule has 0 saturated carbocycles. The summed E-state index contributed by atoms with van der Waals surface area (Å²) in [5.41, 5.74) is 5.85. The summed E-state index contributed by atoms with van der Waals surface area (Å²) in [6, 6.07) is 8.64. The molecule has 0 bridgehead atoms. The van der Waals surface area contributed by atoms with Crippen molar-refractivity contribution >= 4 is 11.7 Å². The van der Waals surface area contributed by atoms with E-state index in [9.17, 15) is 14.0 Å². The van der Waals surface area contributed by atoms with E-state index in [1.807, 2.05) is 0 Å². The van der Waals surface area contributed by atoms with Crippen LogP contribution >= 0.6 is 0 Å². The summed E-state index contributed by atoms with van der Waals surface area (Å²) in [6.07, 6.45) is 2.43. The molecule has 2 aromatic rings. The van der Waals surface area contributed by atoms with Crippen LogP contribution < -0.4 is 16.6 Å². The van der Waals surface area contributed by atoms with Gasteiger partial charge in [0.25, 0.3) is 5.56 Å². The lowest BCUT2D eigenvalue weighted by atomic mass is 10.1. The fraction of sp³-hybridized carbons (Fsp3) is 0.294. The first-order valence-corrected chi connectivity index (χ1v) is 7.82. The third-order valence-electron chi connectivity index (χ3n) is 4.20. The van der Waals surface area contributed by atoms with Crippen LogP contribution in [-0.2, 0) is 0 Å². The van der Waals surface area contributed by atoms with Crippen molar-refractivity contribution in [3.8, 4) is 5.69 Å². The van der Waals surface area contributed by atoms with Crippen LogP contribution in [0.3, 0.4) is 0 Å². The molecular formula is C17H19FN4O2. The Morgan fingerprint density at radius 2 is 2.17 bits per heavy atom. The van der Waals surface area contributed by atoms with Crippen molar-refractivity contribution < 1.29 is 9.18 Å². The van der Waals surface area contributed by atoms with Gasteiger partial charge in [-0.25, -0.2) is 9.18 Å². The second-order valence-electron chi connectivity index (χ2n) is 5.84. The van der Waals surface area contributed by atoms with Gasteiger partial charge in [-0.1, -0.05) is 6.07 Å². The molecule has 1 aromatic carbocycles. The standard InChI is InChI=1S/C17H19FN4O2/c18-14-9-13(22-7-2-1-3-16(22)23)4-5-15(14)20-17(24)21-8-6-12(10-19)11-21/h1-5,7,9,12H,6,8,10-11,19H2,(H,20,24)/t12-/m1/s1. The van der Waals surface area contributed by atoms with Crippen molar-refractivity contribution in [3.05, 3.63) is 58.8 Å². The Hall–Kier alpha value is -2.67. The minimum Gasteiger partial charge on any atom is -0.330 e. The second-order valence-corrected chi connectivity index (χ2v) is 5.84. The number of urea groups is 1. The van der Waals surface area contributed by atoms with Crippen molar-refractivity contribution in [2.45, 2.75) is 6.42 Å². The molecule has 0 spiro atoms. The smallest absolute Gasteiger partial charge is 0.321 e. The number of pyridine rings is 1. The predicted octanol–water partition coefficient (Wildman–Crippen LogP) is 1.79. The lowest BCUT2D eigenvalue weighted by molar-refractivity contribution is 0.221. The maximum Gasteiger partial charge on any atom is 0.321 e. The molecule has 1 aromatic heterocycles. The Bertz CT molecular complexity index is 805. The number of hydrogen-bond donors (Lipinski definition) is 2. The van der Waals surface area contributed by atoms with E-state index < -0.39 is 5.82 Å². The first kappa shape index (κ1) is 16.2. The minimum absolute atomic E-state index is 0.0870. The third kappa shape index (κ3) is 3.30. The fourth-order valence-corrected chi connectivity index (χ4v) is 2.80. The van der Waals surface area contributed by atoms with Crippen LogP contribution in [0.15, 0.2) is 47.4 Å². The van der Waals surface area contributed by atoms with E-state index in [-0.39, 0.29) is 17.3 Å². The van der Waals surface area contributed by atoms with Gasteiger partial charge in [0.2, 0.25) is 0 Å². The second kappa shape index (κ2) is 6.84. The number of carbonyl (C=O) groups excluding carboxylic acids is 1. The lowest BCUT2D eigenvalue weighted by Gasteiger charge is -2.17. The quantitative estimate of drug-likeness (QED) is 0.900. The zero-order valence-electron chi connectivity index (χ0n) is 13.1. The van der Waals surface area contributed by atoms with Gasteiger partial charge in [-0.05, 0) is 37.1 Å². The number of benzene rings is 1. The molecule has 0 radical (unpaired) electrons. The number of hydrogen-bond acceptors (Lipinski definition) is 3. The molecule has 24 heavy (non-hydrogen) atoms. The minimum atomic E-state index is -0.592. The largest absolute Gasteiger partial charge is 0.330 e. The van der Waals surface area contributed by atoms with Gasteiger partial charge in [0.1, 0.15) is 5.82 Å². The molecular weight excluding hydrogens is 311 g/mol. The van der Waals surface area contributed by atoms with Gasteiger partial charge in [-0.15, -0.1) is 0 Å². The molecule has 1 atom stereocenters. The zero-order valence-corrected chi connectivity index (χ0v) is 13.1. The molecule has 3 N–H and O–H groups in total. The molecule has 126 valence electrons. The highest BCUT2D eigenvalue weighted by atomic mass is 19.1. The van der Waals surface area contributed by atoms with Crippen molar-refractivity contribution in [1.82, 2.24) is 9.47 Å². The maximum absolute atomic E-state index is 14.3. The Balaban J connectivity index is 1.75. The normalized spacial score (nSPS) is 17.1. The predicted molar refractivity (Wildman–Crippen MR) is 89.8 cm³/mol. The van der Waals surface area contributed by atoms with Gasteiger partial charge >= 0.3 is 6.03 Å². The molecule has 1 fully saturated rings. The van der Waals surface area contributed by atoms with Crippen LogP contribution in [0, 0.1) is 11.7 Å². The van der Waals surface area contributed by atoms with Gasteiger partial charge < -0.3 is 16.0 Å². The molecule has 0 unspecified atom stereocenters. The molecule has 2 amide bonds. The maximum atomic E-state index is 14.3. The first-order valence-electron chi connectivity index (χ1n) is 7.82. The number of amides is 2.